The standard InChI is InChI=1S/C17H23F2N5O.C16H20BrF2N5.C16H21F2N5O/c1-11-6-9-24(23-11)16-21-14(12(2)25-3)10-15(22-16)20-13-4-7-17(18,19)8-5-13;1-10-5-8-24(23-10)15-21-13(11(2)17)9-14(22-15)20-12-3-6-16(18,19)7-4-12;1-10-5-8-23(22-10)15-20-13(11(2)24)9-14(21-15)19-12-3-6-16(17,18)7-4-12/h6,9-10,12-13H,4-5,7-8H2,1-3H3,(H,20,21,22);5,8-9,11-12H,3-4,6-7H2,1-2H3,(H,20,21,22);5,8-9,11-12,24H,3-4,6-7H2,1-2H3,(H,19,20,21). The summed E-state index contributed by atoms with van der Waals surface area (Å²) in [7, 11) is 1.61. The van der Waals surface area contributed by atoms with E-state index in [0.717, 1.165) is 22.8 Å². The molecule has 0 amide bonds. The second-order valence-electron chi connectivity index (χ2n) is 19.1. The van der Waals surface area contributed by atoms with E-state index in [9.17, 15) is 31.4 Å². The first-order valence-corrected chi connectivity index (χ1v) is 25.5. The lowest BCUT2D eigenvalue weighted by atomic mass is 9.92. The summed E-state index contributed by atoms with van der Waals surface area (Å²) in [4.78, 5) is 26.8. The van der Waals surface area contributed by atoms with Crippen molar-refractivity contribution in [1.29, 1.82) is 0 Å². The van der Waals surface area contributed by atoms with Gasteiger partial charge in [-0.1, -0.05) is 15.9 Å². The van der Waals surface area contributed by atoms with E-state index in [-0.39, 0.29) is 67.6 Å². The third-order valence-corrected chi connectivity index (χ3v) is 13.3. The molecule has 4 N–H and O–H groups in total. The fourth-order valence-electron chi connectivity index (χ4n) is 8.39. The number of methoxy groups -OCH3 is 1. The molecule has 396 valence electrons. The SMILES string of the molecule is COC(C)c1cc(NC2CCC(F)(F)CC2)nc(-n2ccc(C)n2)n1.Cc1ccn(-c2nc(NC3CCC(F)(F)CC3)cc(C(C)Br)n2)n1.Cc1ccn(-c2nc(NC3CCC(F)(F)CC3)cc(C(C)O)n2)n1. The fourth-order valence-corrected chi connectivity index (χ4v) is 8.63. The number of aliphatic hydroxyl groups excluding tert-OH is 1. The third kappa shape index (κ3) is 15.9. The van der Waals surface area contributed by atoms with E-state index in [2.05, 4.69) is 77.1 Å². The minimum absolute atomic E-state index is 0.00483. The highest BCUT2D eigenvalue weighted by molar-refractivity contribution is 9.09. The molecule has 24 heteroatoms. The van der Waals surface area contributed by atoms with Gasteiger partial charge in [0.05, 0.1) is 51.2 Å². The normalized spacial score (nSPS) is 19.1. The number of alkyl halides is 7. The van der Waals surface area contributed by atoms with Gasteiger partial charge in [0, 0.05) is 101 Å². The Morgan fingerprint density at radius 2 is 0.836 bits per heavy atom. The number of hydrogen-bond donors (Lipinski definition) is 4. The van der Waals surface area contributed by atoms with Crippen LogP contribution in [0.5, 0.6) is 0 Å². The molecule has 0 spiro atoms. The van der Waals surface area contributed by atoms with E-state index in [4.69, 9.17) is 4.74 Å². The molecule has 3 aliphatic carbocycles. The highest BCUT2D eigenvalue weighted by Crippen LogP contribution is 2.37. The number of hydrogen-bond acceptors (Lipinski definition) is 14. The summed E-state index contributed by atoms with van der Waals surface area (Å²) in [5.41, 5.74) is 4.54. The number of ether oxygens (including phenoxy) is 1. The van der Waals surface area contributed by atoms with Crippen LogP contribution >= 0.6 is 15.9 Å². The number of aliphatic hydroxyl groups is 1. The molecule has 6 aromatic heterocycles. The lowest BCUT2D eigenvalue weighted by Crippen LogP contribution is -2.32. The van der Waals surface area contributed by atoms with Crippen molar-refractivity contribution in [3.8, 4) is 17.8 Å². The Hall–Kier alpha value is -5.75. The van der Waals surface area contributed by atoms with E-state index in [1.54, 1.807) is 54.1 Å². The van der Waals surface area contributed by atoms with Crippen LogP contribution in [0.1, 0.15) is 149 Å². The molecular weight excluding hydrogens is 1020 g/mol. The van der Waals surface area contributed by atoms with Crippen molar-refractivity contribution in [3.05, 3.63) is 89.2 Å². The molecule has 0 radical (unpaired) electrons. The molecular formula is C49H64BrF6N15O2. The third-order valence-electron chi connectivity index (χ3n) is 12.8. The smallest absolute Gasteiger partial charge is 0.252 e. The number of rotatable bonds is 13. The molecule has 0 bridgehead atoms. The molecule has 3 saturated carbocycles. The number of anilines is 3. The summed E-state index contributed by atoms with van der Waals surface area (Å²) in [5.74, 6) is -4.64. The lowest BCUT2D eigenvalue weighted by Gasteiger charge is -2.29. The summed E-state index contributed by atoms with van der Waals surface area (Å²) in [6.07, 6.45) is 6.24. The van der Waals surface area contributed by atoms with Gasteiger partial charge in [0.15, 0.2) is 0 Å². The maximum atomic E-state index is 13.3. The van der Waals surface area contributed by atoms with E-state index in [1.807, 2.05) is 58.9 Å². The number of aryl methyl sites for hydroxylation is 3. The first-order valence-electron chi connectivity index (χ1n) is 24.5. The average Bonchev–Trinajstić information content (AvgIpc) is 4.12. The molecule has 9 rings (SSSR count). The van der Waals surface area contributed by atoms with Crippen LogP contribution in [0.25, 0.3) is 17.8 Å². The topological polar surface area (TPSA) is 196 Å². The van der Waals surface area contributed by atoms with E-state index in [1.165, 1.54) is 4.68 Å². The Balaban J connectivity index is 0.000000160. The largest absolute Gasteiger partial charge is 0.387 e. The van der Waals surface area contributed by atoms with Crippen LogP contribution in [0, 0.1) is 20.8 Å². The van der Waals surface area contributed by atoms with Crippen LogP contribution in [0.4, 0.5) is 43.8 Å². The van der Waals surface area contributed by atoms with Gasteiger partial charge < -0.3 is 25.8 Å². The summed E-state index contributed by atoms with van der Waals surface area (Å²) in [5, 5.41) is 32.6. The molecule has 0 saturated heterocycles. The predicted molar refractivity (Wildman–Crippen MR) is 268 cm³/mol. The highest BCUT2D eigenvalue weighted by Gasteiger charge is 2.37. The van der Waals surface area contributed by atoms with Crippen molar-refractivity contribution in [2.45, 2.75) is 172 Å². The van der Waals surface area contributed by atoms with Gasteiger partial charge in [-0.15, -0.1) is 0 Å². The summed E-state index contributed by atoms with van der Waals surface area (Å²) < 4.78 is 89.9. The van der Waals surface area contributed by atoms with E-state index < -0.39 is 23.9 Å². The van der Waals surface area contributed by atoms with Crippen LogP contribution in [0.2, 0.25) is 0 Å². The highest BCUT2D eigenvalue weighted by atomic mass is 79.9. The summed E-state index contributed by atoms with van der Waals surface area (Å²) in [6.45, 7) is 11.1. The van der Waals surface area contributed by atoms with Gasteiger partial charge in [0.1, 0.15) is 17.5 Å². The average molecular weight is 1090 g/mol. The van der Waals surface area contributed by atoms with Gasteiger partial charge in [-0.2, -0.15) is 30.2 Å². The van der Waals surface area contributed by atoms with Gasteiger partial charge in [-0.3, -0.25) is 0 Å². The van der Waals surface area contributed by atoms with E-state index >= 15 is 0 Å². The summed E-state index contributed by atoms with van der Waals surface area (Å²) >= 11 is 3.52. The molecule has 0 aliphatic heterocycles. The number of aromatic nitrogens is 12. The van der Waals surface area contributed by atoms with E-state index in [0.29, 0.717) is 85.2 Å². The Bertz CT molecular complexity index is 2600. The van der Waals surface area contributed by atoms with Crippen LogP contribution in [-0.2, 0) is 4.74 Å². The Morgan fingerprint density at radius 1 is 0.534 bits per heavy atom. The first kappa shape index (κ1) is 55.0. The zero-order valence-electron chi connectivity index (χ0n) is 42.0. The monoisotopic (exact) mass is 1090 g/mol. The maximum Gasteiger partial charge on any atom is 0.252 e. The molecule has 17 nitrogen and oxygen atoms in total. The first-order chi connectivity index (χ1) is 34.5. The molecule has 6 aromatic rings. The molecule has 0 aromatic carbocycles. The predicted octanol–water partition coefficient (Wildman–Crippen LogP) is 11.1. The summed E-state index contributed by atoms with van der Waals surface area (Å²) in [6, 6.07) is 10.8. The Kier molecular flexibility index (Phi) is 17.8. The Morgan fingerprint density at radius 3 is 1.12 bits per heavy atom. The van der Waals surface area contributed by atoms with Crippen molar-refractivity contribution in [2.24, 2.45) is 0 Å². The Labute approximate surface area is 428 Å². The van der Waals surface area contributed by atoms with Gasteiger partial charge in [-0.05, 0) is 98.3 Å². The van der Waals surface area contributed by atoms with Gasteiger partial charge in [-0.25, -0.2) is 55.3 Å². The molecule has 3 unspecified atom stereocenters. The lowest BCUT2D eigenvalue weighted by molar-refractivity contribution is -0.0366. The van der Waals surface area contributed by atoms with Gasteiger partial charge in [0.2, 0.25) is 17.8 Å². The minimum atomic E-state index is -2.56. The zero-order valence-corrected chi connectivity index (χ0v) is 43.6. The maximum absolute atomic E-state index is 13.3. The van der Waals surface area contributed by atoms with Gasteiger partial charge in [0.25, 0.3) is 17.8 Å². The molecule has 3 atom stereocenters. The van der Waals surface area contributed by atoms with Crippen LogP contribution in [0.15, 0.2) is 55.0 Å². The fraction of sp³-hybridized carbons (Fsp3) is 0.571. The van der Waals surface area contributed by atoms with Crippen molar-refractivity contribution in [2.75, 3.05) is 23.1 Å². The second-order valence-corrected chi connectivity index (χ2v) is 20.5. The van der Waals surface area contributed by atoms with Crippen molar-refractivity contribution < 1.29 is 36.2 Å². The van der Waals surface area contributed by atoms with Crippen molar-refractivity contribution in [1.82, 2.24) is 59.2 Å². The number of nitrogens with one attached hydrogen (secondary N) is 3. The minimum Gasteiger partial charge on any atom is -0.387 e. The van der Waals surface area contributed by atoms with Crippen molar-refractivity contribution >= 4 is 33.4 Å². The number of nitrogens with zero attached hydrogens (tertiary/aromatic N) is 12. The molecule has 3 fully saturated rings. The number of halogens is 7. The van der Waals surface area contributed by atoms with Crippen molar-refractivity contribution in [3.63, 3.8) is 0 Å². The van der Waals surface area contributed by atoms with Crippen LogP contribution in [0.3, 0.4) is 0 Å². The zero-order chi connectivity index (χ0) is 52.7. The van der Waals surface area contributed by atoms with Gasteiger partial charge >= 0.3 is 0 Å². The van der Waals surface area contributed by atoms with Crippen LogP contribution < -0.4 is 16.0 Å². The molecule has 3 aliphatic rings. The molecule has 6 heterocycles. The molecule has 73 heavy (non-hydrogen) atoms. The quantitative estimate of drug-likeness (QED) is 0.0630. The second kappa shape index (κ2) is 23.6. The van der Waals surface area contributed by atoms with Crippen LogP contribution in [-0.4, -0.2) is 107 Å².